The Balaban J connectivity index is 1.48. The summed E-state index contributed by atoms with van der Waals surface area (Å²) in [5.74, 6) is -0.567. The number of fused-ring (bicyclic) bond motifs is 1. The lowest BCUT2D eigenvalue weighted by molar-refractivity contribution is 0.102. The molecule has 3 aromatic rings. The topological polar surface area (TPSA) is 49.6 Å². The van der Waals surface area contributed by atoms with Crippen molar-refractivity contribution in [2.75, 3.05) is 23.3 Å². The zero-order chi connectivity index (χ0) is 18.6. The quantitative estimate of drug-likeness (QED) is 0.743. The molecule has 5 nitrogen and oxygen atoms in total. The zero-order valence-corrected chi connectivity index (χ0v) is 15.2. The van der Waals surface area contributed by atoms with Gasteiger partial charge in [-0.3, -0.25) is 4.79 Å². The van der Waals surface area contributed by atoms with Gasteiger partial charge in [0, 0.05) is 25.0 Å². The van der Waals surface area contributed by atoms with Crippen LogP contribution in [0.1, 0.15) is 42.5 Å². The number of benzene rings is 1. The second-order valence-electron chi connectivity index (χ2n) is 7.02. The molecule has 1 fully saturated rings. The number of amides is 1. The van der Waals surface area contributed by atoms with Gasteiger partial charge >= 0.3 is 0 Å². The van der Waals surface area contributed by atoms with Crippen LogP contribution in [0.25, 0.3) is 5.52 Å². The van der Waals surface area contributed by atoms with Gasteiger partial charge in [-0.2, -0.15) is 0 Å². The Morgan fingerprint density at radius 3 is 2.59 bits per heavy atom. The molecule has 1 aliphatic rings. The Hall–Kier alpha value is -2.89. The average molecular weight is 366 g/mol. The molecule has 0 spiro atoms. The normalized spacial score (nSPS) is 15.4. The van der Waals surface area contributed by atoms with Crippen molar-refractivity contribution >= 4 is 22.8 Å². The Kier molecular flexibility index (Phi) is 5.05. The van der Waals surface area contributed by atoms with Crippen molar-refractivity contribution in [1.82, 2.24) is 9.38 Å². The van der Waals surface area contributed by atoms with Crippen molar-refractivity contribution in [2.45, 2.75) is 32.1 Å². The Labute approximate surface area is 157 Å². The lowest BCUT2D eigenvalue weighted by Gasteiger charge is -2.27. The predicted molar refractivity (Wildman–Crippen MR) is 105 cm³/mol. The third-order valence-electron chi connectivity index (χ3n) is 5.07. The van der Waals surface area contributed by atoms with E-state index in [4.69, 9.17) is 0 Å². The van der Waals surface area contributed by atoms with Gasteiger partial charge in [-0.25, -0.2) is 9.37 Å². The van der Waals surface area contributed by atoms with Gasteiger partial charge in [0.25, 0.3) is 5.91 Å². The fourth-order valence-corrected chi connectivity index (χ4v) is 3.59. The van der Waals surface area contributed by atoms with Crippen LogP contribution in [0.2, 0.25) is 0 Å². The van der Waals surface area contributed by atoms with Crippen LogP contribution in [-0.2, 0) is 0 Å². The zero-order valence-electron chi connectivity index (χ0n) is 15.2. The number of halogens is 1. The molecule has 2 aromatic heterocycles. The largest absolute Gasteiger partial charge is 0.369 e. The number of carbonyl (C=O) groups is 1. The van der Waals surface area contributed by atoms with Gasteiger partial charge in [-0.1, -0.05) is 19.3 Å². The van der Waals surface area contributed by atoms with E-state index in [1.54, 1.807) is 41.3 Å². The smallest absolute Gasteiger partial charge is 0.257 e. The van der Waals surface area contributed by atoms with Crippen LogP contribution in [0.4, 0.5) is 15.8 Å². The number of aromatic nitrogens is 2. The van der Waals surface area contributed by atoms with Crippen molar-refractivity contribution in [3.05, 3.63) is 60.4 Å². The molecular formula is C21H23FN4O. The van der Waals surface area contributed by atoms with Crippen molar-refractivity contribution in [2.24, 2.45) is 0 Å². The number of carbonyl (C=O) groups excluding carboxylic acids is 1. The van der Waals surface area contributed by atoms with Crippen LogP contribution < -0.4 is 10.2 Å². The Morgan fingerprint density at radius 2 is 1.81 bits per heavy atom. The SMILES string of the molecule is O=C(Nc1ccc(N2CCCCCCC2)c(F)c1)c1ccc2cncn2c1. The summed E-state index contributed by atoms with van der Waals surface area (Å²) < 4.78 is 16.5. The highest BCUT2D eigenvalue weighted by Gasteiger charge is 2.15. The molecule has 0 bridgehead atoms. The third kappa shape index (κ3) is 3.94. The first kappa shape index (κ1) is 17.5. The van der Waals surface area contributed by atoms with E-state index in [1.807, 2.05) is 6.07 Å². The summed E-state index contributed by atoms with van der Waals surface area (Å²) in [5.41, 5.74) is 2.48. The van der Waals surface area contributed by atoms with E-state index in [0.717, 1.165) is 31.4 Å². The number of rotatable bonds is 3. The lowest BCUT2D eigenvalue weighted by Crippen LogP contribution is -2.27. The van der Waals surface area contributed by atoms with Crippen molar-refractivity contribution in [3.63, 3.8) is 0 Å². The standard InChI is InChI=1S/C21H23FN4O/c22-19-12-17(7-9-20(19)25-10-4-2-1-3-5-11-25)24-21(27)16-6-8-18-13-23-15-26(18)14-16/h6-9,12-15H,1-5,10-11H2,(H,24,27). The first-order valence-electron chi connectivity index (χ1n) is 9.48. The molecule has 1 N–H and O–H groups in total. The first-order valence-corrected chi connectivity index (χ1v) is 9.48. The van der Waals surface area contributed by atoms with Gasteiger partial charge in [0.1, 0.15) is 5.82 Å². The monoisotopic (exact) mass is 366 g/mol. The van der Waals surface area contributed by atoms with Crippen LogP contribution in [0, 0.1) is 5.82 Å². The van der Waals surface area contributed by atoms with Crippen LogP contribution in [-0.4, -0.2) is 28.4 Å². The van der Waals surface area contributed by atoms with Gasteiger partial charge in [-0.05, 0) is 43.2 Å². The summed E-state index contributed by atoms with van der Waals surface area (Å²) in [6, 6.07) is 8.50. The molecule has 3 heterocycles. The van der Waals surface area contributed by atoms with Crippen molar-refractivity contribution in [1.29, 1.82) is 0 Å². The molecule has 0 aliphatic carbocycles. The highest BCUT2D eigenvalue weighted by Crippen LogP contribution is 2.25. The van der Waals surface area contributed by atoms with E-state index in [1.165, 1.54) is 25.3 Å². The summed E-state index contributed by atoms with van der Waals surface area (Å²) in [4.78, 5) is 18.6. The van der Waals surface area contributed by atoms with E-state index >= 15 is 0 Å². The van der Waals surface area contributed by atoms with Crippen molar-refractivity contribution < 1.29 is 9.18 Å². The maximum absolute atomic E-state index is 14.7. The predicted octanol–water partition coefficient (Wildman–Crippen LogP) is 4.50. The second kappa shape index (κ2) is 7.78. The minimum absolute atomic E-state index is 0.274. The molecular weight excluding hydrogens is 343 g/mol. The number of hydrogen-bond acceptors (Lipinski definition) is 3. The average Bonchev–Trinajstić information content (AvgIpc) is 3.10. The minimum Gasteiger partial charge on any atom is -0.369 e. The van der Waals surface area contributed by atoms with Crippen molar-refractivity contribution in [3.8, 4) is 0 Å². The van der Waals surface area contributed by atoms with Gasteiger partial charge < -0.3 is 14.6 Å². The number of nitrogens with zero attached hydrogens (tertiary/aromatic N) is 3. The fourth-order valence-electron chi connectivity index (χ4n) is 3.59. The Bertz CT molecular complexity index is 944. The van der Waals surface area contributed by atoms with Crippen LogP contribution in [0.15, 0.2) is 49.1 Å². The number of anilines is 2. The molecule has 0 saturated carbocycles. The Morgan fingerprint density at radius 1 is 1.04 bits per heavy atom. The molecule has 4 rings (SSSR count). The van der Waals surface area contributed by atoms with E-state index in [0.29, 0.717) is 16.9 Å². The minimum atomic E-state index is -0.293. The van der Waals surface area contributed by atoms with E-state index < -0.39 is 0 Å². The van der Waals surface area contributed by atoms with Crippen LogP contribution in [0.5, 0.6) is 0 Å². The molecule has 1 saturated heterocycles. The maximum atomic E-state index is 14.7. The summed E-state index contributed by atoms with van der Waals surface area (Å²) in [7, 11) is 0. The van der Waals surface area contributed by atoms with Gasteiger partial charge in [0.05, 0.1) is 29.3 Å². The van der Waals surface area contributed by atoms with Crippen LogP contribution in [0.3, 0.4) is 0 Å². The molecule has 0 atom stereocenters. The molecule has 1 aliphatic heterocycles. The second-order valence-corrected chi connectivity index (χ2v) is 7.02. The highest BCUT2D eigenvalue weighted by atomic mass is 19.1. The first-order chi connectivity index (χ1) is 13.2. The number of imidazole rings is 1. The molecule has 6 heteroatoms. The van der Waals surface area contributed by atoms with Gasteiger partial charge in [-0.15, -0.1) is 0 Å². The van der Waals surface area contributed by atoms with Gasteiger partial charge in [0.15, 0.2) is 0 Å². The molecule has 0 radical (unpaired) electrons. The molecule has 1 amide bonds. The summed E-state index contributed by atoms with van der Waals surface area (Å²) >= 11 is 0. The van der Waals surface area contributed by atoms with Gasteiger partial charge in [0.2, 0.25) is 0 Å². The summed E-state index contributed by atoms with van der Waals surface area (Å²) in [6.45, 7) is 1.76. The third-order valence-corrected chi connectivity index (χ3v) is 5.07. The number of hydrogen-bond donors (Lipinski definition) is 1. The summed E-state index contributed by atoms with van der Waals surface area (Å²) in [6.07, 6.45) is 10.9. The lowest BCUT2D eigenvalue weighted by atomic mass is 10.1. The van der Waals surface area contributed by atoms with E-state index in [9.17, 15) is 9.18 Å². The summed E-state index contributed by atoms with van der Waals surface area (Å²) in [5, 5.41) is 2.78. The molecule has 27 heavy (non-hydrogen) atoms. The molecule has 0 unspecified atom stereocenters. The number of nitrogens with one attached hydrogen (secondary N) is 1. The number of pyridine rings is 1. The highest BCUT2D eigenvalue weighted by molar-refractivity contribution is 6.04. The fraction of sp³-hybridized carbons (Fsp3) is 0.333. The van der Waals surface area contributed by atoms with Crippen LogP contribution >= 0.6 is 0 Å². The maximum Gasteiger partial charge on any atom is 0.257 e. The van der Waals surface area contributed by atoms with E-state index in [-0.39, 0.29) is 11.7 Å². The molecule has 140 valence electrons. The molecule has 1 aromatic carbocycles. The van der Waals surface area contributed by atoms with E-state index in [2.05, 4.69) is 15.2 Å².